The summed E-state index contributed by atoms with van der Waals surface area (Å²) in [6.45, 7) is 0. The van der Waals surface area contributed by atoms with Crippen molar-refractivity contribution in [3.8, 4) is 0 Å². The highest BCUT2D eigenvalue weighted by Gasteiger charge is 2.32. The van der Waals surface area contributed by atoms with E-state index in [2.05, 4.69) is 15.9 Å². The predicted octanol–water partition coefficient (Wildman–Crippen LogP) is 1.85. The van der Waals surface area contributed by atoms with Crippen molar-refractivity contribution in [2.24, 2.45) is 5.73 Å². The van der Waals surface area contributed by atoms with E-state index in [0.29, 0.717) is 17.7 Å². The van der Waals surface area contributed by atoms with E-state index < -0.39 is 15.7 Å². The summed E-state index contributed by atoms with van der Waals surface area (Å²) in [5.74, 6) is -0.282. The smallest absolute Gasteiger partial charge is 0.161 e. The van der Waals surface area contributed by atoms with Crippen LogP contribution in [0.25, 0.3) is 0 Å². The van der Waals surface area contributed by atoms with E-state index in [0.717, 1.165) is 0 Å². The summed E-state index contributed by atoms with van der Waals surface area (Å²) in [6.07, 6.45) is 0.507. The molecule has 1 heterocycles. The van der Waals surface area contributed by atoms with Crippen molar-refractivity contribution in [1.29, 1.82) is 0 Å². The van der Waals surface area contributed by atoms with Crippen molar-refractivity contribution >= 4 is 48.7 Å². The molecule has 4 nitrogen and oxygen atoms in total. The van der Waals surface area contributed by atoms with Crippen LogP contribution in [0.5, 0.6) is 0 Å². The maximum atomic E-state index is 14.4. The molecule has 1 saturated heterocycles. The molecular formula is C12H14BrFN2O2S2. The number of rotatable bonds is 3. The number of hydrogen-bond acceptors (Lipinski definition) is 4. The lowest BCUT2D eigenvalue weighted by atomic mass is 10.1. The van der Waals surface area contributed by atoms with Crippen molar-refractivity contribution in [1.82, 2.24) is 0 Å². The van der Waals surface area contributed by atoms with E-state index in [-0.39, 0.29) is 27.0 Å². The number of thiocarbonyl (C=S) groups is 1. The van der Waals surface area contributed by atoms with E-state index >= 15 is 0 Å². The van der Waals surface area contributed by atoms with Gasteiger partial charge in [0.2, 0.25) is 0 Å². The second-order valence-corrected chi connectivity index (χ2v) is 8.25. The lowest BCUT2D eigenvalue weighted by molar-refractivity contribution is 0.595. The Balaban J connectivity index is 2.34. The van der Waals surface area contributed by atoms with Crippen molar-refractivity contribution in [3.05, 3.63) is 28.0 Å². The van der Waals surface area contributed by atoms with Crippen LogP contribution >= 0.6 is 28.1 Å². The van der Waals surface area contributed by atoms with E-state index in [1.165, 1.54) is 0 Å². The highest BCUT2D eigenvalue weighted by Crippen LogP contribution is 2.31. The van der Waals surface area contributed by atoms with Crippen LogP contribution in [-0.2, 0) is 9.84 Å². The zero-order valence-electron chi connectivity index (χ0n) is 10.8. The molecule has 2 N–H and O–H groups in total. The quantitative estimate of drug-likeness (QED) is 0.810. The largest absolute Gasteiger partial charge is 0.389 e. The normalized spacial score (nSPS) is 20.9. The Hall–Kier alpha value is -0.730. The highest BCUT2D eigenvalue weighted by atomic mass is 79.9. The van der Waals surface area contributed by atoms with E-state index in [4.69, 9.17) is 18.0 Å². The molecule has 1 fully saturated rings. The van der Waals surface area contributed by atoms with Gasteiger partial charge in [0.1, 0.15) is 4.99 Å². The number of sulfone groups is 1. The van der Waals surface area contributed by atoms with Gasteiger partial charge < -0.3 is 10.6 Å². The fourth-order valence-corrected chi connectivity index (χ4v) is 4.90. The predicted molar refractivity (Wildman–Crippen MR) is 85.4 cm³/mol. The maximum absolute atomic E-state index is 14.4. The number of hydrogen-bond donors (Lipinski definition) is 1. The summed E-state index contributed by atoms with van der Waals surface area (Å²) in [5, 5.41) is 0. The first-order valence-electron chi connectivity index (χ1n) is 5.94. The molecule has 0 amide bonds. The van der Waals surface area contributed by atoms with Gasteiger partial charge in [-0.05, 0) is 34.5 Å². The third kappa shape index (κ3) is 2.96. The maximum Gasteiger partial charge on any atom is 0.161 e. The minimum absolute atomic E-state index is 0.0532. The first-order chi connectivity index (χ1) is 9.23. The Morgan fingerprint density at radius 3 is 2.70 bits per heavy atom. The van der Waals surface area contributed by atoms with E-state index in [9.17, 15) is 12.8 Å². The first kappa shape index (κ1) is 15.7. The Morgan fingerprint density at radius 2 is 2.20 bits per heavy atom. The van der Waals surface area contributed by atoms with E-state index in [1.54, 1.807) is 24.1 Å². The van der Waals surface area contributed by atoms with Gasteiger partial charge >= 0.3 is 0 Å². The molecule has 20 heavy (non-hydrogen) atoms. The molecule has 1 unspecified atom stereocenters. The van der Waals surface area contributed by atoms with Gasteiger partial charge in [-0.25, -0.2) is 12.8 Å². The van der Waals surface area contributed by atoms with Gasteiger partial charge in [-0.2, -0.15) is 0 Å². The van der Waals surface area contributed by atoms with Crippen molar-refractivity contribution in [3.63, 3.8) is 0 Å². The molecule has 2 rings (SSSR count). The fraction of sp³-hybridized carbons (Fsp3) is 0.417. The van der Waals surface area contributed by atoms with Gasteiger partial charge in [-0.1, -0.05) is 12.2 Å². The number of nitrogens with two attached hydrogens (primary N) is 1. The highest BCUT2D eigenvalue weighted by molar-refractivity contribution is 9.10. The van der Waals surface area contributed by atoms with Gasteiger partial charge in [0.05, 0.1) is 21.7 Å². The van der Waals surface area contributed by atoms with Gasteiger partial charge in [-0.3, -0.25) is 0 Å². The van der Waals surface area contributed by atoms with Crippen molar-refractivity contribution in [2.75, 3.05) is 23.5 Å². The minimum Gasteiger partial charge on any atom is -0.389 e. The SMILES string of the molecule is CN(c1ccc(C(N)=S)c(Br)c1F)C1CCS(=O)(=O)C1. The van der Waals surface area contributed by atoms with Crippen LogP contribution in [0, 0.1) is 5.82 Å². The van der Waals surface area contributed by atoms with Crippen LogP contribution in [0.3, 0.4) is 0 Å². The summed E-state index contributed by atoms with van der Waals surface area (Å²) in [6, 6.07) is 2.99. The number of nitrogens with zero attached hydrogens (tertiary/aromatic N) is 1. The first-order valence-corrected chi connectivity index (χ1v) is 8.96. The molecule has 0 radical (unpaired) electrons. The second kappa shape index (κ2) is 5.57. The summed E-state index contributed by atoms with van der Waals surface area (Å²) in [7, 11) is -1.32. The molecule has 0 spiro atoms. The van der Waals surface area contributed by atoms with Crippen LogP contribution in [-0.4, -0.2) is 38.0 Å². The van der Waals surface area contributed by atoms with Gasteiger partial charge in [0, 0.05) is 18.7 Å². The molecule has 0 aliphatic carbocycles. The second-order valence-electron chi connectivity index (χ2n) is 4.79. The molecule has 110 valence electrons. The number of benzene rings is 1. The van der Waals surface area contributed by atoms with Crippen LogP contribution in [0.15, 0.2) is 16.6 Å². The zero-order chi connectivity index (χ0) is 15.1. The Morgan fingerprint density at radius 1 is 1.55 bits per heavy atom. The fourth-order valence-electron chi connectivity index (χ4n) is 2.28. The van der Waals surface area contributed by atoms with E-state index in [1.807, 2.05) is 0 Å². The average molecular weight is 381 g/mol. The van der Waals surface area contributed by atoms with Gasteiger partial charge in [0.25, 0.3) is 0 Å². The van der Waals surface area contributed by atoms with Crippen LogP contribution in [0.1, 0.15) is 12.0 Å². The molecule has 0 aromatic heterocycles. The molecule has 8 heteroatoms. The molecule has 1 aliphatic rings. The van der Waals surface area contributed by atoms with Crippen LogP contribution < -0.4 is 10.6 Å². The standard InChI is InChI=1S/C12H14BrFN2O2S2/c1-16(7-4-5-20(17,18)6-7)9-3-2-8(12(15)19)10(13)11(9)14/h2-3,7H,4-6H2,1H3,(H2,15,19). The van der Waals surface area contributed by atoms with Gasteiger partial charge in [0.15, 0.2) is 15.7 Å². The topological polar surface area (TPSA) is 63.4 Å². The third-order valence-corrected chi connectivity index (χ3v) is 6.21. The molecule has 0 bridgehead atoms. The van der Waals surface area contributed by atoms with Crippen LogP contribution in [0.4, 0.5) is 10.1 Å². The summed E-state index contributed by atoms with van der Waals surface area (Å²) in [5.41, 5.74) is 6.27. The molecular weight excluding hydrogens is 367 g/mol. The molecule has 1 aromatic carbocycles. The van der Waals surface area contributed by atoms with Gasteiger partial charge in [-0.15, -0.1) is 0 Å². The average Bonchev–Trinajstić information content (AvgIpc) is 2.72. The molecule has 1 aliphatic heterocycles. The lowest BCUT2D eigenvalue weighted by Crippen LogP contribution is -2.33. The molecule has 1 atom stereocenters. The minimum atomic E-state index is -3.01. The zero-order valence-corrected chi connectivity index (χ0v) is 14.0. The Bertz CT molecular complexity index is 664. The summed E-state index contributed by atoms with van der Waals surface area (Å²) >= 11 is 7.99. The summed E-state index contributed by atoms with van der Waals surface area (Å²) in [4.78, 5) is 1.77. The Labute approximate surface area is 131 Å². The molecule has 0 saturated carbocycles. The lowest BCUT2D eigenvalue weighted by Gasteiger charge is -2.26. The number of halogens is 2. The Kier molecular flexibility index (Phi) is 4.36. The van der Waals surface area contributed by atoms with Crippen molar-refractivity contribution < 1.29 is 12.8 Å². The van der Waals surface area contributed by atoms with Crippen molar-refractivity contribution in [2.45, 2.75) is 12.5 Å². The summed E-state index contributed by atoms with van der Waals surface area (Å²) < 4.78 is 37.6. The monoisotopic (exact) mass is 380 g/mol. The third-order valence-electron chi connectivity index (χ3n) is 3.46. The number of anilines is 1. The molecule has 1 aromatic rings. The van der Waals surface area contributed by atoms with Crippen LogP contribution in [0.2, 0.25) is 0 Å².